The standard InChI is InChI=1S/C6H4ClNO2.C3H6O/c7-5-1-3-6(4-2-5)8(9)10;1-3(2)4/h1-4H;1-2H3. The van der Waals surface area contributed by atoms with Crippen LogP contribution in [0.3, 0.4) is 0 Å². The average Bonchev–Trinajstić information content (AvgIpc) is 2.03. The van der Waals surface area contributed by atoms with Crippen molar-refractivity contribution in [1.29, 1.82) is 0 Å². The third kappa shape index (κ3) is 6.14. The van der Waals surface area contributed by atoms with E-state index in [1.54, 1.807) is 0 Å². The maximum absolute atomic E-state index is 10.1. The lowest BCUT2D eigenvalue weighted by Gasteiger charge is -1.88. The molecule has 0 aliphatic rings. The second-order valence-electron chi connectivity index (χ2n) is 2.64. The van der Waals surface area contributed by atoms with E-state index in [0.29, 0.717) is 5.02 Å². The lowest BCUT2D eigenvalue weighted by atomic mass is 10.3. The van der Waals surface area contributed by atoms with Crippen LogP contribution in [0.4, 0.5) is 5.69 Å². The molecule has 0 atom stereocenters. The van der Waals surface area contributed by atoms with Crippen molar-refractivity contribution < 1.29 is 9.72 Å². The van der Waals surface area contributed by atoms with Crippen LogP contribution in [0.1, 0.15) is 13.8 Å². The van der Waals surface area contributed by atoms with Crippen molar-refractivity contribution in [3.63, 3.8) is 0 Å². The van der Waals surface area contributed by atoms with Crippen LogP contribution >= 0.6 is 11.6 Å². The van der Waals surface area contributed by atoms with E-state index >= 15 is 0 Å². The summed E-state index contributed by atoms with van der Waals surface area (Å²) in [7, 11) is 0. The predicted octanol–water partition coefficient (Wildman–Crippen LogP) is 2.84. The van der Waals surface area contributed by atoms with E-state index in [4.69, 9.17) is 11.6 Å². The monoisotopic (exact) mass is 215 g/mol. The summed E-state index contributed by atoms with van der Waals surface area (Å²) in [6.45, 7) is 3.06. The van der Waals surface area contributed by atoms with Gasteiger partial charge in [0.25, 0.3) is 5.69 Å². The zero-order valence-electron chi connectivity index (χ0n) is 7.86. The van der Waals surface area contributed by atoms with Crippen LogP contribution in [-0.4, -0.2) is 10.7 Å². The van der Waals surface area contributed by atoms with Gasteiger partial charge in [0.15, 0.2) is 0 Å². The molecule has 0 saturated heterocycles. The number of nitrogens with zero attached hydrogens (tertiary/aromatic N) is 1. The molecule has 5 heteroatoms. The number of Topliss-reactive ketones (excluding diaryl/α,β-unsaturated/α-hetero) is 1. The van der Waals surface area contributed by atoms with E-state index in [-0.39, 0.29) is 11.5 Å². The first-order valence-electron chi connectivity index (χ1n) is 3.80. The van der Waals surface area contributed by atoms with Crippen molar-refractivity contribution in [2.45, 2.75) is 13.8 Å². The minimum atomic E-state index is -0.462. The van der Waals surface area contributed by atoms with E-state index < -0.39 is 4.92 Å². The molecule has 0 aromatic heterocycles. The molecule has 0 saturated carbocycles. The van der Waals surface area contributed by atoms with Crippen LogP contribution < -0.4 is 0 Å². The van der Waals surface area contributed by atoms with Crippen molar-refractivity contribution in [1.82, 2.24) is 0 Å². The van der Waals surface area contributed by atoms with Crippen molar-refractivity contribution in [3.8, 4) is 0 Å². The van der Waals surface area contributed by atoms with Crippen LogP contribution in [-0.2, 0) is 4.79 Å². The fourth-order valence-corrected chi connectivity index (χ4v) is 0.689. The van der Waals surface area contributed by atoms with Gasteiger partial charge in [0.05, 0.1) is 4.92 Å². The smallest absolute Gasteiger partial charge is 0.269 e. The van der Waals surface area contributed by atoms with Crippen molar-refractivity contribution >= 4 is 23.1 Å². The van der Waals surface area contributed by atoms with Gasteiger partial charge in [0, 0.05) is 17.2 Å². The van der Waals surface area contributed by atoms with E-state index in [1.165, 1.54) is 38.1 Å². The van der Waals surface area contributed by atoms with Gasteiger partial charge in [-0.15, -0.1) is 0 Å². The average molecular weight is 216 g/mol. The molecular formula is C9H10ClNO3. The number of ketones is 1. The number of rotatable bonds is 1. The molecule has 0 heterocycles. The molecule has 0 bridgehead atoms. The topological polar surface area (TPSA) is 60.2 Å². The summed E-state index contributed by atoms with van der Waals surface area (Å²) in [6.07, 6.45) is 0. The highest BCUT2D eigenvalue weighted by Crippen LogP contribution is 2.14. The quantitative estimate of drug-likeness (QED) is 0.535. The molecule has 14 heavy (non-hydrogen) atoms. The first kappa shape index (κ1) is 12.6. The summed E-state index contributed by atoms with van der Waals surface area (Å²) in [5.74, 6) is 0.167. The zero-order chi connectivity index (χ0) is 11.1. The summed E-state index contributed by atoms with van der Waals surface area (Å²) in [6, 6.07) is 5.70. The van der Waals surface area contributed by atoms with E-state index in [9.17, 15) is 14.9 Å². The Morgan fingerprint density at radius 1 is 1.29 bits per heavy atom. The maximum atomic E-state index is 10.1. The first-order valence-corrected chi connectivity index (χ1v) is 4.18. The Kier molecular flexibility index (Phi) is 5.48. The van der Waals surface area contributed by atoms with Gasteiger partial charge in [-0.25, -0.2) is 0 Å². The number of non-ortho nitro benzene ring substituents is 1. The predicted molar refractivity (Wildman–Crippen MR) is 54.5 cm³/mol. The summed E-state index contributed by atoms with van der Waals surface area (Å²) in [5, 5.41) is 10.6. The fourth-order valence-electron chi connectivity index (χ4n) is 0.563. The Labute approximate surface area is 86.6 Å². The Hall–Kier alpha value is -1.42. The number of carbonyl (C=O) groups is 1. The second-order valence-corrected chi connectivity index (χ2v) is 3.08. The fraction of sp³-hybridized carbons (Fsp3) is 0.222. The molecule has 76 valence electrons. The molecule has 0 spiro atoms. The van der Waals surface area contributed by atoms with Crippen LogP contribution in [0.15, 0.2) is 24.3 Å². The highest BCUT2D eigenvalue weighted by Gasteiger charge is 2.01. The van der Waals surface area contributed by atoms with Crippen LogP contribution in [0.25, 0.3) is 0 Å². The molecule has 0 aliphatic heterocycles. The minimum absolute atomic E-state index is 0.0596. The van der Waals surface area contributed by atoms with Gasteiger partial charge in [0.1, 0.15) is 5.78 Å². The molecule has 4 nitrogen and oxygen atoms in total. The number of hydrogen-bond acceptors (Lipinski definition) is 3. The van der Waals surface area contributed by atoms with Crippen LogP contribution in [0.2, 0.25) is 5.02 Å². The van der Waals surface area contributed by atoms with Crippen molar-refractivity contribution in [3.05, 3.63) is 39.4 Å². The Morgan fingerprint density at radius 2 is 1.64 bits per heavy atom. The van der Waals surface area contributed by atoms with Gasteiger partial charge >= 0.3 is 0 Å². The number of benzene rings is 1. The number of halogens is 1. The molecule has 1 aromatic carbocycles. The third-order valence-electron chi connectivity index (χ3n) is 1.04. The van der Waals surface area contributed by atoms with Gasteiger partial charge in [0.2, 0.25) is 0 Å². The number of nitro groups is 1. The van der Waals surface area contributed by atoms with E-state index in [0.717, 1.165) is 0 Å². The number of carbonyl (C=O) groups excluding carboxylic acids is 1. The zero-order valence-corrected chi connectivity index (χ0v) is 8.62. The third-order valence-corrected chi connectivity index (χ3v) is 1.29. The molecule has 0 fully saturated rings. The van der Waals surface area contributed by atoms with Crippen LogP contribution in [0, 0.1) is 10.1 Å². The second kappa shape index (κ2) is 6.10. The summed E-state index contributed by atoms with van der Waals surface area (Å²) in [4.78, 5) is 19.1. The molecule has 0 radical (unpaired) electrons. The van der Waals surface area contributed by atoms with E-state index in [1.807, 2.05) is 0 Å². The molecule has 1 rings (SSSR count). The van der Waals surface area contributed by atoms with Gasteiger partial charge in [-0.1, -0.05) is 11.6 Å². The first-order chi connectivity index (χ1) is 6.43. The Balaban J connectivity index is 0.000000364. The van der Waals surface area contributed by atoms with Gasteiger partial charge in [-0.3, -0.25) is 10.1 Å². The molecule has 0 unspecified atom stereocenters. The summed E-state index contributed by atoms with van der Waals surface area (Å²) < 4.78 is 0. The van der Waals surface area contributed by atoms with Crippen molar-refractivity contribution in [2.75, 3.05) is 0 Å². The molecule has 0 N–H and O–H groups in total. The number of hydrogen-bond donors (Lipinski definition) is 0. The normalized spacial score (nSPS) is 8.50. The highest BCUT2D eigenvalue weighted by atomic mass is 35.5. The Bertz CT molecular complexity index is 317. The summed E-state index contributed by atoms with van der Waals surface area (Å²) in [5.41, 5.74) is 0.0596. The van der Waals surface area contributed by atoms with Gasteiger partial charge < -0.3 is 4.79 Å². The lowest BCUT2D eigenvalue weighted by molar-refractivity contribution is -0.384. The largest absolute Gasteiger partial charge is 0.300 e. The molecule has 0 aliphatic carbocycles. The van der Waals surface area contributed by atoms with Gasteiger partial charge in [-0.2, -0.15) is 0 Å². The van der Waals surface area contributed by atoms with Gasteiger partial charge in [-0.05, 0) is 26.0 Å². The maximum Gasteiger partial charge on any atom is 0.269 e. The minimum Gasteiger partial charge on any atom is -0.300 e. The van der Waals surface area contributed by atoms with Crippen LogP contribution in [0.5, 0.6) is 0 Å². The SMILES string of the molecule is CC(C)=O.O=[N+]([O-])c1ccc(Cl)cc1. The van der Waals surface area contributed by atoms with E-state index in [2.05, 4.69) is 0 Å². The molecule has 0 amide bonds. The Morgan fingerprint density at radius 3 is 1.93 bits per heavy atom. The highest BCUT2D eigenvalue weighted by molar-refractivity contribution is 6.30. The summed E-state index contributed by atoms with van der Waals surface area (Å²) >= 11 is 5.49. The molecular weight excluding hydrogens is 206 g/mol. The molecule has 1 aromatic rings. The van der Waals surface area contributed by atoms with Crippen molar-refractivity contribution in [2.24, 2.45) is 0 Å². The number of nitro benzene ring substituents is 1. The lowest BCUT2D eigenvalue weighted by Crippen LogP contribution is -1.85.